The van der Waals surface area contributed by atoms with Gasteiger partial charge in [0.05, 0.1) is 0 Å². The summed E-state index contributed by atoms with van der Waals surface area (Å²) in [5.41, 5.74) is -0.377. The second-order valence-corrected chi connectivity index (χ2v) is 3.51. The zero-order valence-electron chi connectivity index (χ0n) is 7.29. The Morgan fingerprint density at radius 3 is 2.75 bits per heavy atom. The maximum Gasteiger partial charge on any atom is 0.220 e. The van der Waals surface area contributed by atoms with Crippen LogP contribution < -0.4 is 0 Å². The van der Waals surface area contributed by atoms with Crippen LogP contribution in [0.2, 0.25) is 0 Å². The lowest BCUT2D eigenvalue weighted by molar-refractivity contribution is 0.0825. The predicted molar refractivity (Wildman–Crippen MR) is 46.6 cm³/mol. The Labute approximate surface area is 72.5 Å². The highest BCUT2D eigenvalue weighted by molar-refractivity contribution is 5.34. The van der Waals surface area contributed by atoms with Crippen LogP contribution in [0.4, 0.5) is 0 Å². The van der Waals surface area contributed by atoms with Gasteiger partial charge in [0.2, 0.25) is 5.79 Å². The first-order chi connectivity index (χ1) is 5.72. The quantitative estimate of drug-likeness (QED) is 0.648. The molecule has 0 saturated carbocycles. The Hall–Kier alpha value is -0.600. The van der Waals surface area contributed by atoms with Crippen molar-refractivity contribution in [3.63, 3.8) is 0 Å². The van der Waals surface area contributed by atoms with Crippen LogP contribution in [0.3, 0.4) is 0 Å². The molecular formula is C10H14O2. The van der Waals surface area contributed by atoms with Crippen LogP contribution in [0.1, 0.15) is 26.2 Å². The number of allylic oxidation sites excluding steroid dienone is 2. The van der Waals surface area contributed by atoms with Gasteiger partial charge in [-0.05, 0) is 18.6 Å². The second-order valence-electron chi connectivity index (χ2n) is 3.51. The van der Waals surface area contributed by atoms with E-state index in [1.54, 1.807) is 6.08 Å². The average molecular weight is 166 g/mol. The molecule has 0 aromatic carbocycles. The summed E-state index contributed by atoms with van der Waals surface area (Å²) in [4.78, 5) is 0. The highest BCUT2D eigenvalue weighted by Crippen LogP contribution is 2.53. The Balaban J connectivity index is 2.06. The Morgan fingerprint density at radius 1 is 1.33 bits per heavy atom. The van der Waals surface area contributed by atoms with Crippen LogP contribution in [0.25, 0.3) is 0 Å². The van der Waals surface area contributed by atoms with Gasteiger partial charge < -0.3 is 9.84 Å². The summed E-state index contributed by atoms with van der Waals surface area (Å²) in [5, 5.41) is 9.77. The van der Waals surface area contributed by atoms with Gasteiger partial charge in [-0.15, -0.1) is 0 Å². The fraction of sp³-hybridized carbons (Fsp3) is 0.600. The van der Waals surface area contributed by atoms with E-state index in [-0.39, 0.29) is 5.60 Å². The van der Waals surface area contributed by atoms with E-state index in [0.29, 0.717) is 0 Å². The Kier molecular flexibility index (Phi) is 1.63. The maximum absolute atomic E-state index is 9.77. The molecule has 1 heterocycles. The van der Waals surface area contributed by atoms with E-state index in [0.717, 1.165) is 19.3 Å². The minimum absolute atomic E-state index is 0.377. The fourth-order valence-electron chi connectivity index (χ4n) is 1.73. The number of fused-ring (bicyclic) bond motifs is 1. The number of hydrogen-bond donors (Lipinski definition) is 1. The summed E-state index contributed by atoms with van der Waals surface area (Å²) in [7, 11) is 0. The largest absolute Gasteiger partial charge is 0.360 e. The van der Waals surface area contributed by atoms with Gasteiger partial charge in [-0.1, -0.05) is 31.9 Å². The molecule has 1 aliphatic heterocycles. The summed E-state index contributed by atoms with van der Waals surface area (Å²) in [6.45, 7) is 2.14. The molecule has 0 bridgehead atoms. The molecule has 2 nitrogen and oxygen atoms in total. The molecule has 0 aromatic rings. The molecule has 0 amide bonds. The molecule has 2 rings (SSSR count). The van der Waals surface area contributed by atoms with Crippen molar-refractivity contribution in [1.29, 1.82) is 0 Å². The van der Waals surface area contributed by atoms with Crippen molar-refractivity contribution in [2.75, 3.05) is 0 Å². The number of aliphatic hydroxyl groups is 1. The molecule has 0 spiro atoms. The predicted octanol–water partition coefficient (Wildman–Crippen LogP) is 1.76. The molecule has 12 heavy (non-hydrogen) atoms. The highest BCUT2D eigenvalue weighted by atomic mass is 16.7. The number of hydrogen-bond acceptors (Lipinski definition) is 2. The van der Waals surface area contributed by atoms with E-state index in [9.17, 15) is 5.11 Å². The molecule has 66 valence electrons. The minimum atomic E-state index is -0.975. The van der Waals surface area contributed by atoms with Crippen LogP contribution in [0.5, 0.6) is 0 Å². The monoisotopic (exact) mass is 166 g/mol. The van der Waals surface area contributed by atoms with Crippen LogP contribution >= 0.6 is 0 Å². The fourth-order valence-corrected chi connectivity index (χ4v) is 1.73. The number of unbranched alkanes of at least 4 members (excludes halogenated alkanes) is 1. The molecule has 2 heteroatoms. The van der Waals surface area contributed by atoms with Crippen molar-refractivity contribution in [3.05, 3.63) is 24.3 Å². The van der Waals surface area contributed by atoms with Gasteiger partial charge in [0.1, 0.15) is 5.60 Å². The van der Waals surface area contributed by atoms with E-state index >= 15 is 0 Å². The first-order valence-electron chi connectivity index (χ1n) is 4.52. The van der Waals surface area contributed by atoms with Gasteiger partial charge in [0, 0.05) is 0 Å². The smallest absolute Gasteiger partial charge is 0.220 e. The average Bonchev–Trinajstić information content (AvgIpc) is 2.68. The Bertz CT molecular complexity index is 244. The lowest BCUT2D eigenvalue weighted by atomic mass is 9.92. The third-order valence-electron chi connectivity index (χ3n) is 2.60. The first kappa shape index (κ1) is 8.02. The van der Waals surface area contributed by atoms with Crippen molar-refractivity contribution >= 4 is 0 Å². The van der Waals surface area contributed by atoms with Crippen molar-refractivity contribution in [2.45, 2.75) is 37.6 Å². The molecule has 0 radical (unpaired) electrons. The molecule has 2 atom stereocenters. The van der Waals surface area contributed by atoms with Crippen molar-refractivity contribution in [2.24, 2.45) is 0 Å². The zero-order chi connectivity index (χ0) is 8.66. The summed E-state index contributed by atoms with van der Waals surface area (Å²) in [5.74, 6) is -0.975. The van der Waals surface area contributed by atoms with Crippen LogP contribution in [-0.2, 0) is 4.74 Å². The topological polar surface area (TPSA) is 32.8 Å². The SMILES string of the molecule is CCCCC12C=CC=CC1(O)O2. The summed E-state index contributed by atoms with van der Waals surface area (Å²) < 4.78 is 5.34. The van der Waals surface area contributed by atoms with Crippen LogP contribution in [-0.4, -0.2) is 16.5 Å². The molecular weight excluding hydrogens is 152 g/mol. The van der Waals surface area contributed by atoms with Crippen LogP contribution in [0.15, 0.2) is 24.3 Å². The maximum atomic E-state index is 9.77. The van der Waals surface area contributed by atoms with Crippen molar-refractivity contribution < 1.29 is 9.84 Å². The van der Waals surface area contributed by atoms with Crippen molar-refractivity contribution in [3.8, 4) is 0 Å². The lowest BCUT2D eigenvalue weighted by Crippen LogP contribution is -2.23. The molecule has 1 N–H and O–H groups in total. The van der Waals surface area contributed by atoms with E-state index < -0.39 is 5.79 Å². The standard InChI is InChI=1S/C10H14O2/c1-2-3-6-9-7-4-5-8-10(9,11)12-9/h4-5,7-8,11H,2-3,6H2,1H3. The molecule has 1 aliphatic carbocycles. The third-order valence-corrected chi connectivity index (χ3v) is 2.60. The zero-order valence-corrected chi connectivity index (χ0v) is 7.29. The number of rotatable bonds is 3. The molecule has 0 aromatic heterocycles. The van der Waals surface area contributed by atoms with E-state index in [1.165, 1.54) is 0 Å². The molecule has 1 fully saturated rings. The molecule has 2 aliphatic rings. The van der Waals surface area contributed by atoms with E-state index in [4.69, 9.17) is 4.74 Å². The Morgan fingerprint density at radius 2 is 2.08 bits per heavy atom. The van der Waals surface area contributed by atoms with Gasteiger partial charge in [0.15, 0.2) is 0 Å². The van der Waals surface area contributed by atoms with Gasteiger partial charge in [-0.25, -0.2) is 0 Å². The first-order valence-corrected chi connectivity index (χ1v) is 4.52. The summed E-state index contributed by atoms with van der Waals surface area (Å²) in [6, 6.07) is 0. The summed E-state index contributed by atoms with van der Waals surface area (Å²) in [6.07, 6.45) is 10.6. The van der Waals surface area contributed by atoms with Crippen LogP contribution in [0, 0.1) is 0 Å². The van der Waals surface area contributed by atoms with Gasteiger partial charge in [-0.2, -0.15) is 0 Å². The number of ether oxygens (including phenoxy) is 1. The highest BCUT2D eigenvalue weighted by Gasteiger charge is 2.66. The second kappa shape index (κ2) is 2.44. The summed E-state index contributed by atoms with van der Waals surface area (Å²) >= 11 is 0. The number of epoxide rings is 1. The van der Waals surface area contributed by atoms with E-state index in [1.807, 2.05) is 18.2 Å². The minimum Gasteiger partial charge on any atom is -0.360 e. The van der Waals surface area contributed by atoms with E-state index in [2.05, 4.69) is 6.92 Å². The molecule has 2 unspecified atom stereocenters. The normalized spacial score (nSPS) is 42.8. The van der Waals surface area contributed by atoms with Gasteiger partial charge in [0.25, 0.3) is 0 Å². The van der Waals surface area contributed by atoms with Gasteiger partial charge in [-0.3, -0.25) is 0 Å². The van der Waals surface area contributed by atoms with Gasteiger partial charge >= 0.3 is 0 Å². The van der Waals surface area contributed by atoms with Crippen molar-refractivity contribution in [1.82, 2.24) is 0 Å². The lowest BCUT2D eigenvalue weighted by Gasteiger charge is -2.10. The third kappa shape index (κ3) is 0.952. The molecule has 1 saturated heterocycles.